The predicted octanol–water partition coefficient (Wildman–Crippen LogP) is -2.22. The minimum Gasteiger partial charge on any atom is -0.389 e. The Hall–Kier alpha value is -0.200. The maximum atomic E-state index is 9.41. The molecule has 12 heavy (non-hydrogen) atoms. The molecule has 0 saturated carbocycles. The lowest BCUT2D eigenvalue weighted by atomic mass is 9.94. The highest BCUT2D eigenvalue weighted by atomic mass is 16.5. The summed E-state index contributed by atoms with van der Waals surface area (Å²) in [5.74, 6) is 0. The second-order valence-electron chi connectivity index (χ2n) is 3.17. The third-order valence-corrected chi connectivity index (χ3v) is 2.29. The summed E-state index contributed by atoms with van der Waals surface area (Å²) in [4.78, 5) is 0. The van der Waals surface area contributed by atoms with Gasteiger partial charge in [0.1, 0.15) is 12.2 Å². The van der Waals surface area contributed by atoms with Gasteiger partial charge in [-0.05, 0) is 6.92 Å². The number of aliphatic hydroxyl groups is 2. The van der Waals surface area contributed by atoms with Crippen molar-refractivity contribution in [3.8, 4) is 0 Å². The Labute approximate surface area is 71.3 Å². The van der Waals surface area contributed by atoms with Crippen LogP contribution in [0.4, 0.5) is 0 Å². The normalized spacial score (nSPS) is 49.2. The average Bonchev–Trinajstić information content (AvgIpc) is 2.08. The van der Waals surface area contributed by atoms with Crippen LogP contribution in [-0.4, -0.2) is 47.2 Å². The van der Waals surface area contributed by atoms with Gasteiger partial charge in [0.25, 0.3) is 0 Å². The minimum absolute atomic E-state index is 0.190. The van der Waals surface area contributed by atoms with Gasteiger partial charge in [-0.15, -0.1) is 0 Å². The first kappa shape index (κ1) is 9.88. The second-order valence-corrected chi connectivity index (χ2v) is 3.17. The first-order chi connectivity index (χ1) is 5.57. The molecule has 6 N–H and O–H groups in total. The lowest BCUT2D eigenvalue weighted by Gasteiger charge is -2.39. The molecule has 0 aliphatic carbocycles. The van der Waals surface area contributed by atoms with Gasteiger partial charge >= 0.3 is 0 Å². The highest BCUT2D eigenvalue weighted by Gasteiger charge is 2.39. The van der Waals surface area contributed by atoms with E-state index in [0.717, 1.165) is 0 Å². The smallest absolute Gasteiger partial charge is 0.109 e. The van der Waals surface area contributed by atoms with E-state index in [9.17, 15) is 10.2 Å². The van der Waals surface area contributed by atoms with E-state index in [1.807, 2.05) is 0 Å². The summed E-state index contributed by atoms with van der Waals surface area (Å²) in [7, 11) is 0. The van der Waals surface area contributed by atoms with Gasteiger partial charge in [0.15, 0.2) is 0 Å². The fourth-order valence-corrected chi connectivity index (χ4v) is 1.37. The maximum absolute atomic E-state index is 9.41. The van der Waals surface area contributed by atoms with E-state index >= 15 is 0 Å². The summed E-state index contributed by atoms with van der Waals surface area (Å²) in [6, 6.07) is -0.539. The fraction of sp³-hybridized carbons (Fsp3) is 1.00. The maximum Gasteiger partial charge on any atom is 0.109 e. The van der Waals surface area contributed by atoms with E-state index in [0.29, 0.717) is 0 Å². The number of nitrogens with two attached hydrogens (primary N) is 2. The largest absolute Gasteiger partial charge is 0.389 e. The Balaban J connectivity index is 2.63. The first-order valence-corrected chi connectivity index (χ1v) is 4.05. The number of rotatable bonds is 1. The van der Waals surface area contributed by atoms with Gasteiger partial charge in [0.2, 0.25) is 0 Å². The summed E-state index contributed by atoms with van der Waals surface area (Å²) in [5.41, 5.74) is 10.9. The number of ether oxygens (including phenoxy) is 1. The van der Waals surface area contributed by atoms with E-state index in [1.54, 1.807) is 6.92 Å². The van der Waals surface area contributed by atoms with Crippen molar-refractivity contribution in [3.05, 3.63) is 0 Å². The molecule has 5 atom stereocenters. The summed E-state index contributed by atoms with van der Waals surface area (Å²) >= 11 is 0. The van der Waals surface area contributed by atoms with Crippen molar-refractivity contribution in [2.75, 3.05) is 6.54 Å². The van der Waals surface area contributed by atoms with Gasteiger partial charge in [-0.2, -0.15) is 0 Å². The van der Waals surface area contributed by atoms with Crippen LogP contribution in [0.5, 0.6) is 0 Å². The SMILES string of the molecule is C[C@H]1O[C@@H](CN)[C@@H](O)C(O)[C@H]1N. The molecule has 0 bridgehead atoms. The molecular weight excluding hydrogens is 160 g/mol. The fourth-order valence-electron chi connectivity index (χ4n) is 1.37. The molecule has 1 fully saturated rings. The molecule has 0 amide bonds. The van der Waals surface area contributed by atoms with E-state index in [-0.39, 0.29) is 12.6 Å². The van der Waals surface area contributed by atoms with Crippen molar-refractivity contribution >= 4 is 0 Å². The standard InChI is InChI=1S/C7H16N2O3/c1-3-5(9)7(11)6(10)4(2-8)12-3/h3-7,10-11H,2,8-9H2,1H3/t3-,4+,5+,6-,7?/m1/s1. The molecule has 1 unspecified atom stereocenters. The minimum atomic E-state index is -0.971. The molecule has 0 aromatic heterocycles. The van der Waals surface area contributed by atoms with E-state index in [2.05, 4.69) is 0 Å². The molecular formula is C7H16N2O3. The molecule has 5 nitrogen and oxygen atoms in total. The van der Waals surface area contributed by atoms with Gasteiger partial charge in [-0.1, -0.05) is 0 Å². The van der Waals surface area contributed by atoms with Crippen molar-refractivity contribution in [1.82, 2.24) is 0 Å². The van der Waals surface area contributed by atoms with Crippen molar-refractivity contribution in [3.63, 3.8) is 0 Å². The van der Waals surface area contributed by atoms with Crippen LogP contribution in [0.3, 0.4) is 0 Å². The van der Waals surface area contributed by atoms with Crippen molar-refractivity contribution < 1.29 is 14.9 Å². The summed E-state index contributed by atoms with van der Waals surface area (Å²) in [6.45, 7) is 1.94. The first-order valence-electron chi connectivity index (χ1n) is 4.05. The van der Waals surface area contributed by atoms with Crippen LogP contribution < -0.4 is 11.5 Å². The van der Waals surface area contributed by atoms with Crippen LogP contribution >= 0.6 is 0 Å². The highest BCUT2D eigenvalue weighted by Crippen LogP contribution is 2.18. The molecule has 0 aromatic rings. The highest BCUT2D eigenvalue weighted by molar-refractivity contribution is 4.93. The molecule has 1 heterocycles. The lowest BCUT2D eigenvalue weighted by molar-refractivity contribution is -0.169. The molecule has 1 aliphatic rings. The Bertz CT molecular complexity index is 151. The van der Waals surface area contributed by atoms with Crippen LogP contribution in [-0.2, 0) is 4.74 Å². The van der Waals surface area contributed by atoms with Crippen LogP contribution in [0.25, 0.3) is 0 Å². The average molecular weight is 176 g/mol. The third-order valence-electron chi connectivity index (χ3n) is 2.29. The van der Waals surface area contributed by atoms with Crippen molar-refractivity contribution in [1.29, 1.82) is 0 Å². The molecule has 1 rings (SSSR count). The topological polar surface area (TPSA) is 102 Å². The number of hydrogen-bond acceptors (Lipinski definition) is 5. The third kappa shape index (κ3) is 1.60. The van der Waals surface area contributed by atoms with Gasteiger partial charge in [-0.25, -0.2) is 0 Å². The van der Waals surface area contributed by atoms with E-state index < -0.39 is 24.4 Å². The monoisotopic (exact) mass is 176 g/mol. The zero-order chi connectivity index (χ0) is 9.30. The summed E-state index contributed by atoms with van der Waals surface area (Å²) < 4.78 is 5.27. The van der Waals surface area contributed by atoms with Gasteiger partial charge in [0, 0.05) is 6.54 Å². The second kappa shape index (κ2) is 3.68. The van der Waals surface area contributed by atoms with Crippen LogP contribution in [0.15, 0.2) is 0 Å². The van der Waals surface area contributed by atoms with E-state index in [4.69, 9.17) is 16.2 Å². The summed E-state index contributed by atoms with van der Waals surface area (Å²) in [6.07, 6.45) is -2.68. The predicted molar refractivity (Wildman–Crippen MR) is 43.4 cm³/mol. The lowest BCUT2D eigenvalue weighted by Crippen LogP contribution is -2.61. The molecule has 72 valence electrons. The Morgan fingerprint density at radius 1 is 1.33 bits per heavy atom. The van der Waals surface area contributed by atoms with Crippen molar-refractivity contribution in [2.45, 2.75) is 37.4 Å². The molecule has 0 radical (unpaired) electrons. The van der Waals surface area contributed by atoms with Crippen LogP contribution in [0.2, 0.25) is 0 Å². The molecule has 5 heteroatoms. The number of hydrogen-bond donors (Lipinski definition) is 4. The molecule has 0 spiro atoms. The Morgan fingerprint density at radius 2 is 1.92 bits per heavy atom. The quantitative estimate of drug-likeness (QED) is 0.362. The zero-order valence-corrected chi connectivity index (χ0v) is 7.05. The Morgan fingerprint density at radius 3 is 2.42 bits per heavy atom. The van der Waals surface area contributed by atoms with Crippen LogP contribution in [0.1, 0.15) is 6.92 Å². The van der Waals surface area contributed by atoms with Crippen LogP contribution in [0, 0.1) is 0 Å². The Kier molecular flexibility index (Phi) is 3.03. The molecule has 1 aliphatic heterocycles. The molecule has 0 aromatic carbocycles. The van der Waals surface area contributed by atoms with Gasteiger partial charge < -0.3 is 26.4 Å². The van der Waals surface area contributed by atoms with Gasteiger partial charge in [0.05, 0.1) is 18.2 Å². The summed E-state index contributed by atoms with van der Waals surface area (Å²) in [5, 5.41) is 18.8. The molecule has 1 saturated heterocycles. The van der Waals surface area contributed by atoms with Gasteiger partial charge in [-0.3, -0.25) is 0 Å². The van der Waals surface area contributed by atoms with E-state index in [1.165, 1.54) is 0 Å². The van der Waals surface area contributed by atoms with Crippen molar-refractivity contribution in [2.24, 2.45) is 11.5 Å². The number of aliphatic hydroxyl groups excluding tert-OH is 2. The zero-order valence-electron chi connectivity index (χ0n) is 7.05.